The van der Waals surface area contributed by atoms with E-state index in [1.807, 2.05) is 0 Å². The first-order valence-electron chi connectivity index (χ1n) is 5.72. The molecule has 3 heteroatoms. The van der Waals surface area contributed by atoms with Crippen molar-refractivity contribution in [3.63, 3.8) is 0 Å². The summed E-state index contributed by atoms with van der Waals surface area (Å²) in [6.07, 6.45) is 5.19. The number of nitrogens with one attached hydrogen (secondary N) is 1. The molecule has 2 unspecified atom stereocenters. The molecule has 14 heavy (non-hydrogen) atoms. The van der Waals surface area contributed by atoms with Crippen molar-refractivity contribution in [1.29, 1.82) is 0 Å². The molecule has 0 aromatic rings. The Kier molecular flexibility index (Phi) is 6.15. The maximum absolute atomic E-state index is 5.75. The Labute approximate surface area is 87.2 Å². The molecule has 0 amide bonds. The summed E-state index contributed by atoms with van der Waals surface area (Å²) in [5.41, 5.74) is 0. The fourth-order valence-electron chi connectivity index (χ4n) is 1.89. The first kappa shape index (κ1) is 12.0. The van der Waals surface area contributed by atoms with Crippen molar-refractivity contribution in [3.05, 3.63) is 0 Å². The quantitative estimate of drug-likeness (QED) is 0.707. The third-order valence-corrected chi connectivity index (χ3v) is 2.67. The zero-order valence-corrected chi connectivity index (χ0v) is 9.42. The first-order valence-corrected chi connectivity index (χ1v) is 5.72. The fourth-order valence-corrected chi connectivity index (χ4v) is 1.89. The van der Waals surface area contributed by atoms with Crippen LogP contribution in [0.3, 0.4) is 0 Å². The van der Waals surface area contributed by atoms with Crippen LogP contribution >= 0.6 is 0 Å². The molecule has 0 bridgehead atoms. The van der Waals surface area contributed by atoms with Crippen LogP contribution in [0.5, 0.6) is 0 Å². The van der Waals surface area contributed by atoms with Crippen LogP contribution in [0.2, 0.25) is 0 Å². The average Bonchev–Trinajstić information content (AvgIpc) is 2.25. The van der Waals surface area contributed by atoms with Crippen LogP contribution in [0.15, 0.2) is 0 Å². The standard InChI is InChI=1S/C11H23NO2/c1-3-7-12-10(9-13-2)11-6-4-5-8-14-11/h10-12H,3-9H2,1-2H3. The molecule has 84 valence electrons. The van der Waals surface area contributed by atoms with Gasteiger partial charge in [-0.2, -0.15) is 0 Å². The molecule has 0 spiro atoms. The molecule has 0 aromatic heterocycles. The van der Waals surface area contributed by atoms with E-state index in [0.717, 1.165) is 26.2 Å². The Hall–Kier alpha value is -0.120. The van der Waals surface area contributed by atoms with E-state index in [1.54, 1.807) is 7.11 Å². The number of hydrogen-bond donors (Lipinski definition) is 1. The highest BCUT2D eigenvalue weighted by Gasteiger charge is 2.23. The molecule has 1 fully saturated rings. The van der Waals surface area contributed by atoms with Gasteiger partial charge in [0.15, 0.2) is 0 Å². The number of hydrogen-bond acceptors (Lipinski definition) is 3. The molecule has 0 saturated carbocycles. The topological polar surface area (TPSA) is 30.5 Å². The van der Waals surface area contributed by atoms with Crippen LogP contribution in [-0.4, -0.2) is 39.0 Å². The predicted octanol–water partition coefficient (Wildman–Crippen LogP) is 1.57. The Balaban J connectivity index is 2.30. The van der Waals surface area contributed by atoms with Crippen molar-refractivity contribution >= 4 is 0 Å². The largest absolute Gasteiger partial charge is 0.383 e. The van der Waals surface area contributed by atoms with Crippen molar-refractivity contribution in [1.82, 2.24) is 5.32 Å². The molecule has 1 rings (SSSR count). The van der Waals surface area contributed by atoms with Gasteiger partial charge in [-0.25, -0.2) is 0 Å². The summed E-state index contributed by atoms with van der Waals surface area (Å²) in [5.74, 6) is 0. The van der Waals surface area contributed by atoms with Crippen molar-refractivity contribution in [2.75, 3.05) is 26.9 Å². The third kappa shape index (κ3) is 3.95. The summed E-state index contributed by atoms with van der Waals surface area (Å²) in [4.78, 5) is 0. The third-order valence-electron chi connectivity index (χ3n) is 2.67. The molecule has 1 heterocycles. The van der Waals surface area contributed by atoms with E-state index in [-0.39, 0.29) is 0 Å². The first-order chi connectivity index (χ1) is 6.88. The zero-order valence-electron chi connectivity index (χ0n) is 9.42. The summed E-state index contributed by atoms with van der Waals surface area (Å²) in [6.45, 7) is 4.90. The van der Waals surface area contributed by atoms with E-state index in [0.29, 0.717) is 12.1 Å². The number of ether oxygens (including phenoxy) is 2. The second-order valence-electron chi connectivity index (χ2n) is 3.92. The van der Waals surface area contributed by atoms with Gasteiger partial charge in [0.1, 0.15) is 0 Å². The molecular formula is C11H23NO2. The minimum atomic E-state index is 0.357. The van der Waals surface area contributed by atoms with Crippen LogP contribution in [0.1, 0.15) is 32.6 Å². The van der Waals surface area contributed by atoms with Crippen LogP contribution in [0, 0.1) is 0 Å². The van der Waals surface area contributed by atoms with Crippen LogP contribution < -0.4 is 5.32 Å². The molecule has 1 aliphatic rings. The van der Waals surface area contributed by atoms with Gasteiger partial charge in [0, 0.05) is 13.7 Å². The van der Waals surface area contributed by atoms with Crippen LogP contribution in [0.25, 0.3) is 0 Å². The van der Waals surface area contributed by atoms with Crippen molar-refractivity contribution in [3.8, 4) is 0 Å². The zero-order chi connectivity index (χ0) is 10.2. The summed E-state index contributed by atoms with van der Waals surface area (Å²) in [6, 6.07) is 0.375. The lowest BCUT2D eigenvalue weighted by atomic mass is 10.0. The maximum Gasteiger partial charge on any atom is 0.0750 e. The van der Waals surface area contributed by atoms with Crippen molar-refractivity contribution in [2.24, 2.45) is 0 Å². The minimum absolute atomic E-state index is 0.357. The van der Waals surface area contributed by atoms with Gasteiger partial charge in [-0.1, -0.05) is 6.92 Å². The number of methoxy groups -OCH3 is 1. The smallest absolute Gasteiger partial charge is 0.0750 e. The lowest BCUT2D eigenvalue weighted by molar-refractivity contribution is -0.0247. The second-order valence-corrected chi connectivity index (χ2v) is 3.92. The highest BCUT2D eigenvalue weighted by atomic mass is 16.5. The summed E-state index contributed by atoms with van der Waals surface area (Å²) < 4.78 is 11.0. The number of rotatable bonds is 6. The van der Waals surface area contributed by atoms with Gasteiger partial charge in [-0.3, -0.25) is 0 Å². The lowest BCUT2D eigenvalue weighted by Crippen LogP contribution is -2.46. The molecule has 2 atom stereocenters. The fraction of sp³-hybridized carbons (Fsp3) is 1.00. The van der Waals surface area contributed by atoms with E-state index < -0.39 is 0 Å². The molecule has 0 aromatic carbocycles. The van der Waals surface area contributed by atoms with E-state index in [9.17, 15) is 0 Å². The summed E-state index contributed by atoms with van der Waals surface area (Å²) in [5, 5.41) is 3.49. The molecular weight excluding hydrogens is 178 g/mol. The highest BCUT2D eigenvalue weighted by Crippen LogP contribution is 2.16. The van der Waals surface area contributed by atoms with Gasteiger partial charge in [0.25, 0.3) is 0 Å². The van der Waals surface area contributed by atoms with Gasteiger partial charge in [-0.05, 0) is 32.2 Å². The molecule has 0 radical (unpaired) electrons. The van der Waals surface area contributed by atoms with Crippen molar-refractivity contribution in [2.45, 2.75) is 44.8 Å². The molecule has 3 nitrogen and oxygen atoms in total. The van der Waals surface area contributed by atoms with Gasteiger partial charge < -0.3 is 14.8 Å². The molecule has 1 saturated heterocycles. The van der Waals surface area contributed by atoms with Gasteiger partial charge in [-0.15, -0.1) is 0 Å². The van der Waals surface area contributed by atoms with Crippen LogP contribution in [0.4, 0.5) is 0 Å². The molecule has 1 N–H and O–H groups in total. The van der Waals surface area contributed by atoms with E-state index in [2.05, 4.69) is 12.2 Å². The maximum atomic E-state index is 5.75. The Bertz CT molecular complexity index is 135. The summed E-state index contributed by atoms with van der Waals surface area (Å²) in [7, 11) is 1.75. The lowest BCUT2D eigenvalue weighted by Gasteiger charge is -2.30. The predicted molar refractivity (Wildman–Crippen MR) is 57.5 cm³/mol. The van der Waals surface area contributed by atoms with Gasteiger partial charge >= 0.3 is 0 Å². The second kappa shape index (κ2) is 7.21. The van der Waals surface area contributed by atoms with E-state index in [4.69, 9.17) is 9.47 Å². The van der Waals surface area contributed by atoms with Crippen molar-refractivity contribution < 1.29 is 9.47 Å². The van der Waals surface area contributed by atoms with Gasteiger partial charge in [0.05, 0.1) is 18.8 Å². The minimum Gasteiger partial charge on any atom is -0.383 e. The monoisotopic (exact) mass is 201 g/mol. The Morgan fingerprint density at radius 1 is 1.50 bits per heavy atom. The average molecular weight is 201 g/mol. The highest BCUT2D eigenvalue weighted by molar-refractivity contribution is 4.79. The summed E-state index contributed by atoms with van der Waals surface area (Å²) >= 11 is 0. The Morgan fingerprint density at radius 2 is 2.36 bits per heavy atom. The van der Waals surface area contributed by atoms with Gasteiger partial charge in [0.2, 0.25) is 0 Å². The van der Waals surface area contributed by atoms with Crippen LogP contribution in [-0.2, 0) is 9.47 Å². The van der Waals surface area contributed by atoms with E-state index in [1.165, 1.54) is 19.3 Å². The van der Waals surface area contributed by atoms with E-state index >= 15 is 0 Å². The molecule has 1 aliphatic heterocycles. The molecule has 0 aliphatic carbocycles. The Morgan fingerprint density at radius 3 is 2.93 bits per heavy atom. The SMILES string of the molecule is CCCNC(COC)C1CCCCO1. The normalized spacial score (nSPS) is 24.9.